The Morgan fingerprint density at radius 3 is 2.94 bits per heavy atom. The molecule has 0 fully saturated rings. The molecule has 0 atom stereocenters. The molecule has 0 spiro atoms. The summed E-state index contributed by atoms with van der Waals surface area (Å²) >= 11 is 5.99. The second-order valence-corrected chi connectivity index (χ2v) is 4.14. The zero-order valence-corrected chi connectivity index (χ0v) is 10.5. The number of nitrogens with zero attached hydrogens (tertiary/aromatic N) is 2. The van der Waals surface area contributed by atoms with E-state index in [0.717, 1.165) is 5.56 Å². The van der Waals surface area contributed by atoms with Crippen LogP contribution in [0.25, 0.3) is 10.9 Å². The van der Waals surface area contributed by atoms with Crippen molar-refractivity contribution in [1.29, 1.82) is 0 Å². The van der Waals surface area contributed by atoms with E-state index in [4.69, 9.17) is 16.3 Å². The Bertz CT molecular complexity index is 607. The van der Waals surface area contributed by atoms with Gasteiger partial charge in [0.25, 0.3) is 5.56 Å². The molecular weight excluding hydrogens is 240 g/mol. The third-order valence-corrected chi connectivity index (χ3v) is 2.95. The van der Waals surface area contributed by atoms with Crippen LogP contribution in [0.2, 0.25) is 5.28 Å². The number of ether oxygens (including phenoxy) is 1. The molecule has 2 aromatic rings. The van der Waals surface area contributed by atoms with E-state index in [-0.39, 0.29) is 10.8 Å². The normalized spacial score (nSPS) is 11.0. The molecule has 0 amide bonds. The minimum Gasteiger partial charge on any atom is -0.383 e. The van der Waals surface area contributed by atoms with Crippen molar-refractivity contribution in [1.82, 2.24) is 9.55 Å². The molecule has 90 valence electrons. The summed E-state index contributed by atoms with van der Waals surface area (Å²) in [4.78, 5) is 16.5. The van der Waals surface area contributed by atoms with Gasteiger partial charge in [-0.05, 0) is 30.2 Å². The first-order chi connectivity index (χ1) is 8.15. The molecule has 17 heavy (non-hydrogen) atoms. The highest BCUT2D eigenvalue weighted by Gasteiger charge is 2.10. The van der Waals surface area contributed by atoms with E-state index in [0.29, 0.717) is 24.1 Å². The summed E-state index contributed by atoms with van der Waals surface area (Å²) in [5.74, 6) is 0. The average Bonchev–Trinajstić information content (AvgIpc) is 2.28. The van der Waals surface area contributed by atoms with Gasteiger partial charge in [-0.25, -0.2) is 4.98 Å². The smallest absolute Gasteiger partial charge is 0.262 e. The fourth-order valence-corrected chi connectivity index (χ4v) is 2.03. The average molecular weight is 253 g/mol. The maximum Gasteiger partial charge on any atom is 0.262 e. The van der Waals surface area contributed by atoms with Crippen molar-refractivity contribution >= 4 is 22.5 Å². The monoisotopic (exact) mass is 252 g/mol. The Morgan fingerprint density at radius 1 is 1.47 bits per heavy atom. The van der Waals surface area contributed by atoms with Gasteiger partial charge in [0.05, 0.1) is 24.1 Å². The summed E-state index contributed by atoms with van der Waals surface area (Å²) in [5.41, 5.74) is 1.42. The van der Waals surface area contributed by atoms with E-state index < -0.39 is 0 Å². The van der Waals surface area contributed by atoms with Crippen molar-refractivity contribution in [2.24, 2.45) is 0 Å². The van der Waals surface area contributed by atoms with Crippen LogP contribution < -0.4 is 5.56 Å². The standard InChI is InChI=1S/C12H13ClN2O2/c1-8-4-3-5-9-10(8)11(16)15(6-7-17-2)12(13)14-9/h3-5H,6-7H2,1-2H3. The Hall–Kier alpha value is -1.39. The predicted octanol–water partition coefficient (Wildman–Crippen LogP) is 2.00. The number of hydrogen-bond acceptors (Lipinski definition) is 3. The lowest BCUT2D eigenvalue weighted by Gasteiger charge is -2.09. The third kappa shape index (κ3) is 2.18. The highest BCUT2D eigenvalue weighted by atomic mass is 35.5. The summed E-state index contributed by atoms with van der Waals surface area (Å²) in [5, 5.41) is 0.818. The number of fused-ring (bicyclic) bond motifs is 1. The van der Waals surface area contributed by atoms with Gasteiger partial charge in [0.1, 0.15) is 0 Å². The van der Waals surface area contributed by atoms with Gasteiger partial charge in [0, 0.05) is 7.11 Å². The number of aryl methyl sites for hydroxylation is 1. The Balaban J connectivity index is 2.70. The van der Waals surface area contributed by atoms with Gasteiger partial charge in [0.15, 0.2) is 0 Å². The van der Waals surface area contributed by atoms with Crippen LogP contribution in [0, 0.1) is 6.92 Å². The van der Waals surface area contributed by atoms with Crippen LogP contribution in [0.15, 0.2) is 23.0 Å². The van der Waals surface area contributed by atoms with Crippen molar-refractivity contribution in [2.45, 2.75) is 13.5 Å². The van der Waals surface area contributed by atoms with E-state index in [2.05, 4.69) is 4.98 Å². The molecule has 1 aromatic heterocycles. The first-order valence-electron chi connectivity index (χ1n) is 5.29. The molecule has 0 aliphatic carbocycles. The van der Waals surface area contributed by atoms with Gasteiger partial charge >= 0.3 is 0 Å². The summed E-state index contributed by atoms with van der Waals surface area (Å²) in [7, 11) is 1.58. The predicted molar refractivity (Wildman–Crippen MR) is 67.6 cm³/mol. The molecular formula is C12H13ClN2O2. The fourth-order valence-electron chi connectivity index (χ4n) is 1.78. The maximum atomic E-state index is 12.3. The Labute approximate surface area is 104 Å². The van der Waals surface area contributed by atoms with Crippen molar-refractivity contribution in [3.05, 3.63) is 39.4 Å². The number of rotatable bonds is 3. The van der Waals surface area contributed by atoms with Gasteiger partial charge in [-0.15, -0.1) is 0 Å². The van der Waals surface area contributed by atoms with Crippen LogP contribution in [0.1, 0.15) is 5.56 Å². The lowest BCUT2D eigenvalue weighted by molar-refractivity contribution is 0.186. The lowest BCUT2D eigenvalue weighted by Crippen LogP contribution is -2.24. The quantitative estimate of drug-likeness (QED) is 0.785. The zero-order valence-electron chi connectivity index (χ0n) is 9.74. The molecule has 1 aromatic carbocycles. The van der Waals surface area contributed by atoms with Gasteiger partial charge in [-0.2, -0.15) is 0 Å². The topological polar surface area (TPSA) is 44.1 Å². The van der Waals surface area contributed by atoms with Crippen molar-refractivity contribution in [3.8, 4) is 0 Å². The molecule has 0 unspecified atom stereocenters. The van der Waals surface area contributed by atoms with Gasteiger partial charge < -0.3 is 4.74 Å². The molecule has 1 heterocycles. The second-order valence-electron chi connectivity index (χ2n) is 3.80. The van der Waals surface area contributed by atoms with Crippen molar-refractivity contribution in [3.63, 3.8) is 0 Å². The molecule has 4 nitrogen and oxygen atoms in total. The van der Waals surface area contributed by atoms with Gasteiger partial charge in [-0.1, -0.05) is 12.1 Å². The number of halogens is 1. The van der Waals surface area contributed by atoms with Gasteiger partial charge in [0.2, 0.25) is 5.28 Å². The Morgan fingerprint density at radius 2 is 2.24 bits per heavy atom. The molecule has 0 radical (unpaired) electrons. The van der Waals surface area contributed by atoms with E-state index in [1.807, 2.05) is 19.1 Å². The molecule has 0 aliphatic rings. The summed E-state index contributed by atoms with van der Waals surface area (Å²) in [6.45, 7) is 2.73. The van der Waals surface area contributed by atoms with E-state index in [1.165, 1.54) is 4.57 Å². The minimum atomic E-state index is -0.116. The highest BCUT2D eigenvalue weighted by molar-refractivity contribution is 6.28. The van der Waals surface area contributed by atoms with Crippen LogP contribution in [0.4, 0.5) is 0 Å². The molecule has 2 rings (SSSR count). The molecule has 0 N–H and O–H groups in total. The number of hydrogen-bond donors (Lipinski definition) is 0. The number of benzene rings is 1. The van der Waals surface area contributed by atoms with Gasteiger partial charge in [-0.3, -0.25) is 9.36 Å². The maximum absolute atomic E-state index is 12.3. The van der Waals surface area contributed by atoms with E-state index in [9.17, 15) is 4.79 Å². The van der Waals surface area contributed by atoms with Crippen molar-refractivity contribution in [2.75, 3.05) is 13.7 Å². The molecule has 5 heteroatoms. The second kappa shape index (κ2) is 4.85. The lowest BCUT2D eigenvalue weighted by atomic mass is 10.1. The number of methoxy groups -OCH3 is 1. The van der Waals surface area contributed by atoms with Crippen LogP contribution >= 0.6 is 11.6 Å². The summed E-state index contributed by atoms with van der Waals surface area (Å²) in [6, 6.07) is 5.54. The first kappa shape index (κ1) is 12.1. The Kier molecular flexibility index (Phi) is 3.45. The van der Waals surface area contributed by atoms with E-state index >= 15 is 0 Å². The zero-order chi connectivity index (χ0) is 12.4. The fraction of sp³-hybridized carbons (Fsp3) is 0.333. The van der Waals surface area contributed by atoms with E-state index in [1.54, 1.807) is 13.2 Å². The van der Waals surface area contributed by atoms with Crippen LogP contribution in [0.3, 0.4) is 0 Å². The first-order valence-corrected chi connectivity index (χ1v) is 5.67. The molecule has 0 bridgehead atoms. The highest BCUT2D eigenvalue weighted by Crippen LogP contribution is 2.14. The summed E-state index contributed by atoms with van der Waals surface area (Å²) < 4.78 is 6.38. The third-order valence-electron chi connectivity index (χ3n) is 2.66. The van der Waals surface area contributed by atoms with Crippen LogP contribution in [-0.2, 0) is 11.3 Å². The van der Waals surface area contributed by atoms with Crippen molar-refractivity contribution < 1.29 is 4.74 Å². The largest absolute Gasteiger partial charge is 0.383 e. The SMILES string of the molecule is COCCn1c(Cl)nc2cccc(C)c2c1=O. The molecule has 0 aliphatic heterocycles. The summed E-state index contributed by atoms with van der Waals surface area (Å²) in [6.07, 6.45) is 0. The molecule has 0 saturated heterocycles. The molecule has 0 saturated carbocycles. The minimum absolute atomic E-state index is 0.116. The van der Waals surface area contributed by atoms with Crippen LogP contribution in [0.5, 0.6) is 0 Å². The van der Waals surface area contributed by atoms with Crippen LogP contribution in [-0.4, -0.2) is 23.3 Å². The number of aromatic nitrogens is 2.